The fraction of sp³-hybridized carbons (Fsp3) is 0.0462. The van der Waals surface area contributed by atoms with Crippen LogP contribution in [0.4, 0.5) is 34.1 Å². The largest absolute Gasteiger partial charge is 0.310 e. The summed E-state index contributed by atoms with van der Waals surface area (Å²) in [7, 11) is 0. The lowest BCUT2D eigenvalue weighted by Crippen LogP contribution is -2.17. The van der Waals surface area contributed by atoms with Gasteiger partial charge in [-0.3, -0.25) is 0 Å². The second-order valence-corrected chi connectivity index (χ2v) is 18.2. The Morgan fingerprint density at radius 2 is 0.791 bits per heavy atom. The van der Waals surface area contributed by atoms with Crippen LogP contribution < -0.4 is 9.80 Å². The summed E-state index contributed by atoms with van der Waals surface area (Å²) in [4.78, 5) is 4.85. The van der Waals surface area contributed by atoms with Crippen LogP contribution in [0.15, 0.2) is 255 Å². The number of benzene rings is 11. The highest BCUT2D eigenvalue weighted by Gasteiger charge is 2.36. The minimum atomic E-state index is -0.163. The molecule has 0 spiro atoms. The first kappa shape index (κ1) is 40.1. The molecule has 2 nitrogen and oxygen atoms in total. The molecule has 0 bridgehead atoms. The average Bonchev–Trinajstić information content (AvgIpc) is 3.62. The summed E-state index contributed by atoms with van der Waals surface area (Å²) in [5.41, 5.74) is 18.7. The number of hydrogen-bond acceptors (Lipinski definition) is 2. The van der Waals surface area contributed by atoms with Crippen LogP contribution in [-0.2, 0) is 5.41 Å². The molecule has 318 valence electrons. The minimum Gasteiger partial charge on any atom is -0.310 e. The molecule has 0 unspecified atom stereocenters. The highest BCUT2D eigenvalue weighted by atomic mass is 15.2. The van der Waals surface area contributed by atoms with Crippen molar-refractivity contribution < 1.29 is 0 Å². The Balaban J connectivity index is 1.11. The molecule has 0 saturated carbocycles. The topological polar surface area (TPSA) is 6.48 Å². The predicted molar refractivity (Wildman–Crippen MR) is 285 cm³/mol. The summed E-state index contributed by atoms with van der Waals surface area (Å²) in [5, 5.41) is 4.88. The maximum absolute atomic E-state index is 2.47. The Labute approximate surface area is 393 Å². The van der Waals surface area contributed by atoms with Crippen LogP contribution in [0.5, 0.6) is 0 Å². The molecule has 0 aliphatic heterocycles. The molecule has 0 N–H and O–H groups in total. The molecule has 0 aromatic heterocycles. The van der Waals surface area contributed by atoms with Gasteiger partial charge < -0.3 is 9.80 Å². The fourth-order valence-corrected chi connectivity index (χ4v) is 10.5. The molecule has 0 saturated heterocycles. The maximum atomic E-state index is 2.47. The lowest BCUT2D eigenvalue weighted by molar-refractivity contribution is 0.660. The van der Waals surface area contributed by atoms with Crippen LogP contribution in [0.1, 0.15) is 25.0 Å². The van der Waals surface area contributed by atoms with Gasteiger partial charge in [0.2, 0.25) is 0 Å². The van der Waals surface area contributed by atoms with Gasteiger partial charge in [-0.15, -0.1) is 0 Å². The molecular formula is C65H48N2. The number of rotatable bonds is 9. The van der Waals surface area contributed by atoms with Crippen molar-refractivity contribution in [2.75, 3.05) is 9.80 Å². The third-order valence-electron chi connectivity index (χ3n) is 13.8. The van der Waals surface area contributed by atoms with Crippen LogP contribution in [-0.4, -0.2) is 0 Å². The van der Waals surface area contributed by atoms with Gasteiger partial charge in [0.1, 0.15) is 0 Å². The van der Waals surface area contributed by atoms with E-state index in [9.17, 15) is 0 Å². The van der Waals surface area contributed by atoms with Crippen molar-refractivity contribution in [3.8, 4) is 44.5 Å². The zero-order valence-corrected chi connectivity index (χ0v) is 37.6. The van der Waals surface area contributed by atoms with E-state index < -0.39 is 0 Å². The van der Waals surface area contributed by atoms with Gasteiger partial charge in [-0.2, -0.15) is 0 Å². The molecule has 0 fully saturated rings. The van der Waals surface area contributed by atoms with Crippen LogP contribution in [0.25, 0.3) is 66.1 Å². The maximum Gasteiger partial charge on any atom is 0.0488 e. The van der Waals surface area contributed by atoms with Crippen molar-refractivity contribution in [2.24, 2.45) is 0 Å². The summed E-state index contributed by atoms with van der Waals surface area (Å²) >= 11 is 0. The Morgan fingerprint density at radius 1 is 0.269 bits per heavy atom. The quantitative estimate of drug-likeness (QED) is 0.143. The SMILES string of the molecule is CC1(C)c2ccccc2-c2ccc(N(c3cc(-c4cccc(-c5ccc6ccccc6c5-c5ccccc5)c4)cc(N(c4ccccc4)c4ccccc4)c3)c3ccc4ccccc4c3)cc21. The van der Waals surface area contributed by atoms with E-state index in [2.05, 4.69) is 278 Å². The first-order valence-corrected chi connectivity index (χ1v) is 23.2. The standard InChI is InChI=1S/C65H48N2/c1-65(2)62-32-17-16-31-60(62)61-38-36-55(44-63(61)65)67(54-35-33-45-19-12-13-23-49(45)40-54)57-42-51(41-56(43-57)66(52-26-8-4-9-27-52)53-28-10-5-11-29-53)48-24-18-25-50(39-48)59-37-34-46-20-14-15-30-58(46)64(59)47-21-6-3-7-22-47/h3-44H,1-2H3. The third-order valence-corrected chi connectivity index (χ3v) is 13.8. The first-order valence-electron chi connectivity index (χ1n) is 23.2. The molecule has 12 rings (SSSR count). The molecular weight excluding hydrogens is 809 g/mol. The van der Waals surface area contributed by atoms with E-state index in [4.69, 9.17) is 0 Å². The van der Waals surface area contributed by atoms with Crippen molar-refractivity contribution in [2.45, 2.75) is 19.3 Å². The molecule has 2 heteroatoms. The van der Waals surface area contributed by atoms with Gasteiger partial charge in [-0.1, -0.05) is 196 Å². The molecule has 0 atom stereocenters. The number of hydrogen-bond donors (Lipinski definition) is 0. The van der Waals surface area contributed by atoms with Gasteiger partial charge in [0.05, 0.1) is 0 Å². The second kappa shape index (κ2) is 16.5. The van der Waals surface area contributed by atoms with Crippen molar-refractivity contribution >= 4 is 55.7 Å². The summed E-state index contributed by atoms with van der Waals surface area (Å²) < 4.78 is 0. The van der Waals surface area contributed by atoms with Crippen molar-refractivity contribution in [3.63, 3.8) is 0 Å². The van der Waals surface area contributed by atoms with Crippen LogP contribution >= 0.6 is 0 Å². The number of anilines is 6. The van der Waals surface area contributed by atoms with Gasteiger partial charge in [0.15, 0.2) is 0 Å². The van der Waals surface area contributed by atoms with E-state index in [0.29, 0.717) is 0 Å². The Bertz CT molecular complexity index is 3570. The van der Waals surface area contributed by atoms with Gasteiger partial charge in [-0.05, 0) is 150 Å². The Hall–Kier alpha value is -8.46. The molecule has 1 aliphatic rings. The van der Waals surface area contributed by atoms with E-state index in [1.807, 2.05) is 0 Å². The summed E-state index contributed by atoms with van der Waals surface area (Å²) in [6.07, 6.45) is 0. The van der Waals surface area contributed by atoms with E-state index >= 15 is 0 Å². The molecule has 67 heavy (non-hydrogen) atoms. The summed E-state index contributed by atoms with van der Waals surface area (Å²) in [5.74, 6) is 0. The zero-order chi connectivity index (χ0) is 44.9. The van der Waals surface area contributed by atoms with Gasteiger partial charge in [0.25, 0.3) is 0 Å². The van der Waals surface area contributed by atoms with Crippen LogP contribution in [0.3, 0.4) is 0 Å². The first-order chi connectivity index (χ1) is 33.0. The normalized spacial score (nSPS) is 12.4. The minimum absolute atomic E-state index is 0.163. The number of para-hydroxylation sites is 2. The second-order valence-electron chi connectivity index (χ2n) is 18.2. The molecule has 0 heterocycles. The average molecular weight is 857 g/mol. The monoisotopic (exact) mass is 856 g/mol. The van der Waals surface area contributed by atoms with Gasteiger partial charge in [0, 0.05) is 39.5 Å². The van der Waals surface area contributed by atoms with Crippen LogP contribution in [0, 0.1) is 0 Å². The summed E-state index contributed by atoms with van der Waals surface area (Å²) in [6.45, 7) is 4.73. The van der Waals surface area contributed by atoms with Gasteiger partial charge >= 0.3 is 0 Å². The number of fused-ring (bicyclic) bond motifs is 5. The van der Waals surface area contributed by atoms with E-state index in [-0.39, 0.29) is 5.41 Å². The Morgan fingerprint density at radius 3 is 1.54 bits per heavy atom. The van der Waals surface area contributed by atoms with Crippen LogP contribution in [0.2, 0.25) is 0 Å². The predicted octanol–water partition coefficient (Wildman–Crippen LogP) is 18.2. The highest BCUT2D eigenvalue weighted by Crippen LogP contribution is 2.52. The number of nitrogens with zero attached hydrogens (tertiary/aromatic N) is 2. The fourth-order valence-electron chi connectivity index (χ4n) is 10.5. The summed E-state index contributed by atoms with van der Waals surface area (Å²) in [6, 6.07) is 93.4. The third kappa shape index (κ3) is 7.15. The lowest BCUT2D eigenvalue weighted by Gasteiger charge is -2.31. The van der Waals surface area contributed by atoms with E-state index in [1.165, 1.54) is 66.1 Å². The zero-order valence-electron chi connectivity index (χ0n) is 37.6. The van der Waals surface area contributed by atoms with Crippen molar-refractivity contribution in [1.82, 2.24) is 0 Å². The smallest absolute Gasteiger partial charge is 0.0488 e. The molecule has 1 aliphatic carbocycles. The lowest BCUT2D eigenvalue weighted by atomic mass is 9.82. The molecule has 11 aromatic carbocycles. The Kier molecular flexibility index (Phi) is 9.88. The van der Waals surface area contributed by atoms with E-state index in [1.54, 1.807) is 0 Å². The molecule has 11 aromatic rings. The molecule has 0 amide bonds. The molecule has 0 radical (unpaired) electrons. The van der Waals surface area contributed by atoms with E-state index in [0.717, 1.165) is 45.3 Å². The van der Waals surface area contributed by atoms with Gasteiger partial charge in [-0.25, -0.2) is 0 Å². The highest BCUT2D eigenvalue weighted by molar-refractivity contribution is 6.04. The van der Waals surface area contributed by atoms with Crippen molar-refractivity contribution in [3.05, 3.63) is 266 Å². The van der Waals surface area contributed by atoms with Crippen molar-refractivity contribution in [1.29, 1.82) is 0 Å².